The van der Waals surface area contributed by atoms with Gasteiger partial charge in [-0.2, -0.15) is 0 Å². The van der Waals surface area contributed by atoms with Gasteiger partial charge in [0.25, 0.3) is 5.91 Å². The minimum absolute atomic E-state index is 0.111. The zero-order valence-electron chi connectivity index (χ0n) is 14.8. The standard InChI is InChI=1S/C19H24N4O3/c24-17-5-4-16(18(25)21-17)23-12-14-10-13(2-3-15(14)19(23)26)11-22-8-1-6-20-7-9-22/h2-3,10,16,20H,1,4-9,11-12H2,(H,21,24,25). The van der Waals surface area contributed by atoms with E-state index in [-0.39, 0.29) is 24.1 Å². The van der Waals surface area contributed by atoms with E-state index in [2.05, 4.69) is 21.6 Å². The van der Waals surface area contributed by atoms with Gasteiger partial charge < -0.3 is 10.2 Å². The zero-order chi connectivity index (χ0) is 18.1. The molecule has 1 atom stereocenters. The fourth-order valence-electron chi connectivity index (χ4n) is 4.04. The van der Waals surface area contributed by atoms with E-state index in [0.29, 0.717) is 18.5 Å². The first kappa shape index (κ1) is 17.2. The highest BCUT2D eigenvalue weighted by molar-refractivity contribution is 6.05. The van der Waals surface area contributed by atoms with Crippen LogP contribution in [0.1, 0.15) is 40.7 Å². The van der Waals surface area contributed by atoms with Crippen molar-refractivity contribution in [2.75, 3.05) is 26.2 Å². The summed E-state index contributed by atoms with van der Waals surface area (Å²) in [6, 6.07) is 5.45. The van der Waals surface area contributed by atoms with E-state index in [9.17, 15) is 14.4 Å². The molecule has 0 radical (unpaired) electrons. The Morgan fingerprint density at radius 1 is 1.12 bits per heavy atom. The Morgan fingerprint density at radius 3 is 2.85 bits per heavy atom. The number of amides is 3. The van der Waals surface area contributed by atoms with E-state index in [1.807, 2.05) is 12.1 Å². The molecule has 0 aliphatic carbocycles. The van der Waals surface area contributed by atoms with Gasteiger partial charge in [0, 0.05) is 38.2 Å². The number of imide groups is 1. The van der Waals surface area contributed by atoms with E-state index >= 15 is 0 Å². The van der Waals surface area contributed by atoms with Crippen molar-refractivity contribution >= 4 is 17.7 Å². The monoisotopic (exact) mass is 356 g/mol. The Balaban J connectivity index is 1.47. The number of carbonyl (C=O) groups excluding carboxylic acids is 3. The predicted molar refractivity (Wildman–Crippen MR) is 95.3 cm³/mol. The number of benzene rings is 1. The largest absolute Gasteiger partial charge is 0.322 e. The molecule has 0 bridgehead atoms. The van der Waals surface area contributed by atoms with Crippen LogP contribution in [0.25, 0.3) is 0 Å². The van der Waals surface area contributed by atoms with Crippen molar-refractivity contribution in [1.82, 2.24) is 20.4 Å². The molecule has 1 aromatic rings. The average molecular weight is 356 g/mol. The second-order valence-electron chi connectivity index (χ2n) is 7.27. The van der Waals surface area contributed by atoms with E-state index in [4.69, 9.17) is 0 Å². The third-order valence-electron chi connectivity index (χ3n) is 5.43. The van der Waals surface area contributed by atoms with Gasteiger partial charge in [0.15, 0.2) is 0 Å². The van der Waals surface area contributed by atoms with Gasteiger partial charge in [0.2, 0.25) is 11.8 Å². The summed E-state index contributed by atoms with van der Waals surface area (Å²) in [6.45, 7) is 5.49. The van der Waals surface area contributed by atoms with Crippen LogP contribution in [0.3, 0.4) is 0 Å². The van der Waals surface area contributed by atoms with Gasteiger partial charge >= 0.3 is 0 Å². The minimum Gasteiger partial charge on any atom is -0.322 e. The van der Waals surface area contributed by atoms with Crippen LogP contribution in [0, 0.1) is 0 Å². The van der Waals surface area contributed by atoms with Crippen LogP contribution in [0.4, 0.5) is 0 Å². The van der Waals surface area contributed by atoms with Crippen LogP contribution < -0.4 is 10.6 Å². The molecular weight excluding hydrogens is 332 g/mol. The molecular formula is C19H24N4O3. The third kappa shape index (κ3) is 3.37. The summed E-state index contributed by atoms with van der Waals surface area (Å²) in [6.07, 6.45) is 1.83. The number of hydrogen-bond acceptors (Lipinski definition) is 5. The van der Waals surface area contributed by atoms with Crippen LogP contribution in [0.5, 0.6) is 0 Å². The molecule has 0 aromatic heterocycles. The number of hydrogen-bond donors (Lipinski definition) is 2. The van der Waals surface area contributed by atoms with Crippen molar-refractivity contribution in [2.24, 2.45) is 0 Å². The fourth-order valence-corrected chi connectivity index (χ4v) is 4.04. The summed E-state index contributed by atoms with van der Waals surface area (Å²) in [4.78, 5) is 40.2. The second-order valence-corrected chi connectivity index (χ2v) is 7.27. The number of carbonyl (C=O) groups is 3. The van der Waals surface area contributed by atoms with Gasteiger partial charge in [0.1, 0.15) is 6.04 Å². The number of nitrogens with one attached hydrogen (secondary N) is 2. The van der Waals surface area contributed by atoms with Crippen LogP contribution in [0.2, 0.25) is 0 Å². The fraction of sp³-hybridized carbons (Fsp3) is 0.526. The van der Waals surface area contributed by atoms with Crippen LogP contribution in [0.15, 0.2) is 18.2 Å². The second kappa shape index (κ2) is 7.17. The van der Waals surface area contributed by atoms with Crippen molar-refractivity contribution in [1.29, 1.82) is 0 Å². The molecule has 138 valence electrons. The Labute approximate surface area is 152 Å². The maximum absolute atomic E-state index is 12.7. The molecule has 2 saturated heterocycles. The smallest absolute Gasteiger partial charge is 0.255 e. The lowest BCUT2D eigenvalue weighted by atomic mass is 10.0. The summed E-state index contributed by atoms with van der Waals surface area (Å²) in [5, 5.41) is 5.75. The number of piperidine rings is 1. The maximum atomic E-state index is 12.7. The molecule has 3 aliphatic heterocycles. The van der Waals surface area contributed by atoms with Crippen molar-refractivity contribution < 1.29 is 14.4 Å². The first-order valence-electron chi connectivity index (χ1n) is 9.31. The normalized spacial score (nSPS) is 24.4. The lowest BCUT2D eigenvalue weighted by molar-refractivity contribution is -0.136. The molecule has 1 aromatic carbocycles. The lowest BCUT2D eigenvalue weighted by Crippen LogP contribution is -2.52. The molecule has 7 nitrogen and oxygen atoms in total. The summed E-state index contributed by atoms with van der Waals surface area (Å²) < 4.78 is 0. The molecule has 2 N–H and O–H groups in total. The molecule has 2 fully saturated rings. The van der Waals surface area contributed by atoms with Gasteiger partial charge in [-0.05, 0) is 43.1 Å². The average Bonchev–Trinajstić information content (AvgIpc) is 2.78. The van der Waals surface area contributed by atoms with E-state index in [1.54, 1.807) is 4.90 Å². The van der Waals surface area contributed by atoms with Crippen LogP contribution in [-0.4, -0.2) is 59.7 Å². The molecule has 0 spiro atoms. The van der Waals surface area contributed by atoms with Gasteiger partial charge in [-0.15, -0.1) is 0 Å². The van der Waals surface area contributed by atoms with Crippen molar-refractivity contribution in [3.8, 4) is 0 Å². The number of rotatable bonds is 3. The molecule has 0 saturated carbocycles. The molecule has 3 aliphatic rings. The summed E-state index contributed by atoms with van der Waals surface area (Å²) in [5.41, 5.74) is 2.85. The highest BCUT2D eigenvalue weighted by Crippen LogP contribution is 2.28. The molecule has 3 heterocycles. The van der Waals surface area contributed by atoms with Gasteiger partial charge in [-0.1, -0.05) is 12.1 Å². The summed E-state index contributed by atoms with van der Waals surface area (Å²) in [7, 11) is 0. The van der Waals surface area contributed by atoms with E-state index < -0.39 is 6.04 Å². The Bertz CT molecular complexity index is 740. The maximum Gasteiger partial charge on any atom is 0.255 e. The van der Waals surface area contributed by atoms with Crippen LogP contribution >= 0.6 is 0 Å². The summed E-state index contributed by atoms with van der Waals surface area (Å²) >= 11 is 0. The number of nitrogens with zero attached hydrogens (tertiary/aromatic N) is 2. The van der Waals surface area contributed by atoms with Crippen molar-refractivity contribution in [3.05, 3.63) is 34.9 Å². The Hall–Kier alpha value is -2.25. The first-order valence-corrected chi connectivity index (χ1v) is 9.31. The topological polar surface area (TPSA) is 81.8 Å². The first-order chi connectivity index (χ1) is 12.6. The molecule has 7 heteroatoms. The quantitative estimate of drug-likeness (QED) is 0.759. The molecule has 3 amide bonds. The van der Waals surface area contributed by atoms with Gasteiger partial charge in [-0.3, -0.25) is 24.6 Å². The zero-order valence-corrected chi connectivity index (χ0v) is 14.8. The highest BCUT2D eigenvalue weighted by Gasteiger charge is 2.39. The van der Waals surface area contributed by atoms with Crippen LogP contribution in [-0.2, 0) is 22.7 Å². The third-order valence-corrected chi connectivity index (χ3v) is 5.43. The summed E-state index contributed by atoms with van der Waals surface area (Å²) in [5.74, 6) is -0.732. The van der Waals surface area contributed by atoms with Gasteiger partial charge in [0.05, 0.1) is 0 Å². The van der Waals surface area contributed by atoms with E-state index in [1.165, 1.54) is 5.56 Å². The predicted octanol–water partition coefficient (Wildman–Crippen LogP) is 0.243. The van der Waals surface area contributed by atoms with E-state index in [0.717, 1.165) is 44.7 Å². The molecule has 26 heavy (non-hydrogen) atoms. The molecule has 1 unspecified atom stereocenters. The number of fused-ring (bicyclic) bond motifs is 1. The lowest BCUT2D eigenvalue weighted by Gasteiger charge is -2.29. The minimum atomic E-state index is -0.548. The SMILES string of the molecule is O=C1CCC(N2Cc3cc(CN4CCCNCC4)ccc3C2=O)C(=O)N1. The Kier molecular flexibility index (Phi) is 4.74. The highest BCUT2D eigenvalue weighted by atomic mass is 16.2. The van der Waals surface area contributed by atoms with Crippen molar-refractivity contribution in [3.63, 3.8) is 0 Å². The van der Waals surface area contributed by atoms with Gasteiger partial charge in [-0.25, -0.2) is 0 Å². The Morgan fingerprint density at radius 2 is 2.00 bits per heavy atom. The molecule has 4 rings (SSSR count). The van der Waals surface area contributed by atoms with Crippen molar-refractivity contribution in [2.45, 2.75) is 38.4 Å².